The molecule has 28 heavy (non-hydrogen) atoms. The van der Waals surface area contributed by atoms with Crippen LogP contribution in [0.4, 0.5) is 5.82 Å². The number of nitrogens with one attached hydrogen (secondary N) is 1. The minimum absolute atomic E-state index is 0.426. The number of hydrogen-bond acceptors (Lipinski definition) is 6. The van der Waals surface area contributed by atoms with Crippen LogP contribution < -0.4 is 5.32 Å². The van der Waals surface area contributed by atoms with Crippen molar-refractivity contribution in [1.82, 2.24) is 24.8 Å². The quantitative estimate of drug-likeness (QED) is 0.736. The number of aryl methyl sites for hydroxylation is 1. The van der Waals surface area contributed by atoms with E-state index in [4.69, 9.17) is 4.98 Å². The number of nitrogens with zero attached hydrogens (tertiary/aromatic N) is 5. The zero-order valence-corrected chi connectivity index (χ0v) is 16.5. The third kappa shape index (κ3) is 4.34. The van der Waals surface area contributed by atoms with E-state index in [-0.39, 0.29) is 0 Å². The minimum atomic E-state index is 0.426. The molecule has 6 nitrogen and oxygen atoms in total. The fraction of sp³-hybridized carbons (Fsp3) is 0.364. The van der Waals surface area contributed by atoms with Crippen LogP contribution in [0.3, 0.4) is 0 Å². The van der Waals surface area contributed by atoms with Gasteiger partial charge in [-0.3, -0.25) is 14.9 Å². The Hall–Kier alpha value is -2.86. The molecule has 1 aliphatic rings. The number of aromatic nitrogens is 4. The summed E-state index contributed by atoms with van der Waals surface area (Å²) in [5.41, 5.74) is 4.20. The molecule has 0 spiro atoms. The summed E-state index contributed by atoms with van der Waals surface area (Å²) in [6.45, 7) is 7.17. The molecule has 0 aromatic carbocycles. The van der Waals surface area contributed by atoms with Crippen LogP contribution in [0.2, 0.25) is 0 Å². The molecule has 0 unspecified atom stereocenters. The van der Waals surface area contributed by atoms with Crippen molar-refractivity contribution in [1.29, 1.82) is 0 Å². The van der Waals surface area contributed by atoms with Gasteiger partial charge in [0, 0.05) is 61.1 Å². The number of anilines is 1. The monoisotopic (exact) mass is 374 g/mol. The van der Waals surface area contributed by atoms with Crippen LogP contribution in [0.25, 0.3) is 11.4 Å². The lowest BCUT2D eigenvalue weighted by Crippen LogP contribution is -2.39. The molecule has 0 saturated carbocycles. The van der Waals surface area contributed by atoms with Crippen LogP contribution in [0, 0.1) is 13.8 Å². The van der Waals surface area contributed by atoms with Gasteiger partial charge in [0.05, 0.1) is 5.69 Å². The maximum atomic E-state index is 4.80. The Kier molecular flexibility index (Phi) is 5.58. The van der Waals surface area contributed by atoms with Gasteiger partial charge in [-0.1, -0.05) is 6.07 Å². The van der Waals surface area contributed by atoms with E-state index in [1.165, 1.54) is 0 Å². The third-order valence-corrected chi connectivity index (χ3v) is 5.35. The Morgan fingerprint density at radius 2 is 1.89 bits per heavy atom. The molecule has 3 aromatic rings. The lowest BCUT2D eigenvalue weighted by atomic mass is 10.0. The van der Waals surface area contributed by atoms with Crippen molar-refractivity contribution in [2.45, 2.75) is 39.3 Å². The van der Waals surface area contributed by atoms with Gasteiger partial charge in [0.25, 0.3) is 0 Å². The summed E-state index contributed by atoms with van der Waals surface area (Å²) in [5.74, 6) is 1.67. The summed E-state index contributed by atoms with van der Waals surface area (Å²) in [6, 6.07) is 10.4. The summed E-state index contributed by atoms with van der Waals surface area (Å²) in [4.78, 5) is 20.5. The second kappa shape index (κ2) is 8.44. The Balaban J connectivity index is 1.41. The maximum Gasteiger partial charge on any atom is 0.163 e. The van der Waals surface area contributed by atoms with Crippen molar-refractivity contribution >= 4 is 5.82 Å². The Bertz CT molecular complexity index is 905. The Labute approximate surface area is 166 Å². The van der Waals surface area contributed by atoms with Gasteiger partial charge in [0.2, 0.25) is 0 Å². The van der Waals surface area contributed by atoms with Gasteiger partial charge in [-0.15, -0.1) is 0 Å². The lowest BCUT2D eigenvalue weighted by molar-refractivity contribution is 0.209. The van der Waals surface area contributed by atoms with E-state index in [9.17, 15) is 0 Å². The molecule has 4 rings (SSSR count). The van der Waals surface area contributed by atoms with E-state index in [0.29, 0.717) is 6.04 Å². The van der Waals surface area contributed by atoms with E-state index < -0.39 is 0 Å². The van der Waals surface area contributed by atoms with Gasteiger partial charge in [0.1, 0.15) is 5.82 Å². The molecule has 0 aliphatic carbocycles. The highest BCUT2D eigenvalue weighted by atomic mass is 15.2. The smallest absolute Gasteiger partial charge is 0.163 e. The largest absolute Gasteiger partial charge is 0.367 e. The number of rotatable bonds is 5. The molecule has 1 aliphatic heterocycles. The average molecular weight is 374 g/mol. The van der Waals surface area contributed by atoms with Crippen LogP contribution >= 0.6 is 0 Å². The number of likely N-dealkylation sites (tertiary alicyclic amines) is 1. The molecular weight excluding hydrogens is 348 g/mol. The maximum absolute atomic E-state index is 4.80. The van der Waals surface area contributed by atoms with Gasteiger partial charge in [0.15, 0.2) is 5.82 Å². The van der Waals surface area contributed by atoms with Gasteiger partial charge < -0.3 is 5.32 Å². The van der Waals surface area contributed by atoms with Gasteiger partial charge in [-0.25, -0.2) is 9.97 Å². The van der Waals surface area contributed by atoms with Gasteiger partial charge in [-0.05, 0) is 51.0 Å². The van der Waals surface area contributed by atoms with E-state index >= 15 is 0 Å². The van der Waals surface area contributed by atoms with Crippen LogP contribution in [-0.2, 0) is 6.54 Å². The van der Waals surface area contributed by atoms with Crippen LogP contribution in [0.5, 0.6) is 0 Å². The lowest BCUT2D eigenvalue weighted by Gasteiger charge is -2.32. The molecule has 1 N–H and O–H groups in total. The molecule has 0 radical (unpaired) electrons. The van der Waals surface area contributed by atoms with Crippen molar-refractivity contribution in [3.05, 3.63) is 65.9 Å². The van der Waals surface area contributed by atoms with Crippen LogP contribution in [-0.4, -0.2) is 44.0 Å². The minimum Gasteiger partial charge on any atom is -0.367 e. The number of pyridine rings is 2. The molecule has 0 atom stereocenters. The number of hydrogen-bond donors (Lipinski definition) is 1. The molecule has 0 amide bonds. The normalized spacial score (nSPS) is 15.5. The standard InChI is InChI=1S/C22H26N6/c1-16-17(2)25-22(18-6-5-10-23-14-18)27-21(16)26-19-8-12-28(13-9-19)15-20-7-3-4-11-24-20/h3-7,10-11,14,19H,8-9,12-13,15H2,1-2H3,(H,25,26,27). The predicted octanol–water partition coefficient (Wildman–Crippen LogP) is 3.63. The van der Waals surface area contributed by atoms with E-state index in [2.05, 4.69) is 44.2 Å². The predicted molar refractivity (Wildman–Crippen MR) is 111 cm³/mol. The van der Waals surface area contributed by atoms with Gasteiger partial charge >= 0.3 is 0 Å². The van der Waals surface area contributed by atoms with Crippen molar-refractivity contribution < 1.29 is 0 Å². The highest BCUT2D eigenvalue weighted by Crippen LogP contribution is 2.24. The summed E-state index contributed by atoms with van der Waals surface area (Å²) in [5, 5.41) is 3.67. The SMILES string of the molecule is Cc1nc(-c2cccnc2)nc(NC2CCN(Cc3ccccn3)CC2)c1C. The van der Waals surface area contributed by atoms with Gasteiger partial charge in [-0.2, -0.15) is 0 Å². The highest BCUT2D eigenvalue weighted by Gasteiger charge is 2.21. The molecule has 4 heterocycles. The van der Waals surface area contributed by atoms with Crippen LogP contribution in [0.15, 0.2) is 48.9 Å². The van der Waals surface area contributed by atoms with Crippen molar-refractivity contribution in [2.24, 2.45) is 0 Å². The topological polar surface area (TPSA) is 66.8 Å². The highest BCUT2D eigenvalue weighted by molar-refractivity contribution is 5.58. The Morgan fingerprint density at radius 1 is 1.04 bits per heavy atom. The van der Waals surface area contributed by atoms with Crippen molar-refractivity contribution in [3.63, 3.8) is 0 Å². The number of piperidine rings is 1. The third-order valence-electron chi connectivity index (χ3n) is 5.35. The zero-order chi connectivity index (χ0) is 19.3. The Morgan fingerprint density at radius 3 is 2.61 bits per heavy atom. The van der Waals surface area contributed by atoms with E-state index in [1.807, 2.05) is 37.5 Å². The van der Waals surface area contributed by atoms with E-state index in [0.717, 1.165) is 66.6 Å². The van der Waals surface area contributed by atoms with Crippen LogP contribution in [0.1, 0.15) is 29.8 Å². The second-order valence-electron chi connectivity index (χ2n) is 7.36. The van der Waals surface area contributed by atoms with Crippen molar-refractivity contribution in [3.8, 4) is 11.4 Å². The molecule has 144 valence electrons. The molecular formula is C22H26N6. The summed E-state index contributed by atoms with van der Waals surface area (Å²) >= 11 is 0. The molecule has 0 bridgehead atoms. The molecule has 1 fully saturated rings. The zero-order valence-electron chi connectivity index (χ0n) is 16.5. The first-order valence-corrected chi connectivity index (χ1v) is 9.83. The fourth-order valence-corrected chi connectivity index (χ4v) is 3.54. The summed E-state index contributed by atoms with van der Waals surface area (Å²) in [7, 11) is 0. The van der Waals surface area contributed by atoms with Crippen molar-refractivity contribution in [2.75, 3.05) is 18.4 Å². The second-order valence-corrected chi connectivity index (χ2v) is 7.36. The molecule has 6 heteroatoms. The first kappa shape index (κ1) is 18.5. The average Bonchev–Trinajstić information content (AvgIpc) is 2.74. The summed E-state index contributed by atoms with van der Waals surface area (Å²) in [6.07, 6.45) is 7.63. The molecule has 1 saturated heterocycles. The summed E-state index contributed by atoms with van der Waals surface area (Å²) < 4.78 is 0. The first-order chi connectivity index (χ1) is 13.7. The fourth-order valence-electron chi connectivity index (χ4n) is 3.54. The first-order valence-electron chi connectivity index (χ1n) is 9.83. The van der Waals surface area contributed by atoms with E-state index in [1.54, 1.807) is 6.20 Å². The molecule has 3 aromatic heterocycles.